The predicted octanol–water partition coefficient (Wildman–Crippen LogP) is 5.27. The van der Waals surface area contributed by atoms with Crippen LogP contribution >= 0.6 is 0 Å². The van der Waals surface area contributed by atoms with E-state index in [4.69, 9.17) is 9.47 Å². The summed E-state index contributed by atoms with van der Waals surface area (Å²) >= 11 is 0. The molecule has 0 aliphatic rings. The summed E-state index contributed by atoms with van der Waals surface area (Å²) in [5.74, 6) is 8.01. The fraction of sp³-hybridized carbons (Fsp3) is 0.364. The van der Waals surface area contributed by atoms with Crippen LogP contribution in [0, 0.1) is 22.9 Å². The SMILES string of the molecule is C=CCOc1cc(OCC=C)c(C#C[Si](C)(C)C)cc1C#C[Si](C)(C)C. The van der Waals surface area contributed by atoms with Gasteiger partial charge in [0.25, 0.3) is 0 Å². The van der Waals surface area contributed by atoms with E-state index in [-0.39, 0.29) is 0 Å². The molecule has 1 aromatic carbocycles. The van der Waals surface area contributed by atoms with Crippen molar-refractivity contribution in [3.8, 4) is 34.4 Å². The molecule has 0 amide bonds. The zero-order valence-electron chi connectivity index (χ0n) is 17.0. The Hall–Kier alpha value is -2.15. The number of rotatable bonds is 6. The zero-order chi connectivity index (χ0) is 19.8. The molecule has 0 unspecified atom stereocenters. The lowest BCUT2D eigenvalue weighted by molar-refractivity contribution is 0.344. The molecule has 0 aliphatic heterocycles. The number of hydrogen-bond acceptors (Lipinski definition) is 2. The van der Waals surface area contributed by atoms with E-state index < -0.39 is 16.1 Å². The van der Waals surface area contributed by atoms with Gasteiger partial charge in [0, 0.05) is 6.07 Å². The topological polar surface area (TPSA) is 18.5 Å². The molecule has 0 saturated heterocycles. The first kappa shape index (κ1) is 21.9. The Morgan fingerprint density at radius 2 is 1.15 bits per heavy atom. The van der Waals surface area contributed by atoms with Gasteiger partial charge >= 0.3 is 0 Å². The maximum atomic E-state index is 5.82. The molecule has 0 radical (unpaired) electrons. The minimum Gasteiger partial charge on any atom is -0.488 e. The Labute approximate surface area is 161 Å². The molecule has 0 bridgehead atoms. The summed E-state index contributed by atoms with van der Waals surface area (Å²) in [4.78, 5) is 0. The summed E-state index contributed by atoms with van der Waals surface area (Å²) < 4.78 is 11.6. The van der Waals surface area contributed by atoms with Crippen molar-refractivity contribution in [1.29, 1.82) is 0 Å². The molecule has 0 heterocycles. The van der Waals surface area contributed by atoms with E-state index in [0.29, 0.717) is 24.7 Å². The van der Waals surface area contributed by atoms with Gasteiger partial charge in [0.05, 0.1) is 11.1 Å². The van der Waals surface area contributed by atoms with E-state index in [1.165, 1.54) is 0 Å². The molecule has 26 heavy (non-hydrogen) atoms. The molecule has 138 valence electrons. The van der Waals surface area contributed by atoms with Crippen molar-refractivity contribution < 1.29 is 9.47 Å². The van der Waals surface area contributed by atoms with Crippen LogP contribution in [0.4, 0.5) is 0 Å². The van der Waals surface area contributed by atoms with Crippen LogP contribution in [0.15, 0.2) is 37.4 Å². The maximum absolute atomic E-state index is 5.82. The second kappa shape index (κ2) is 9.52. The fourth-order valence-electron chi connectivity index (χ4n) is 1.80. The smallest absolute Gasteiger partial charge is 0.139 e. The number of benzene rings is 1. The molecule has 1 rings (SSSR count). The average molecular weight is 383 g/mol. The number of hydrogen-bond donors (Lipinski definition) is 0. The van der Waals surface area contributed by atoms with Gasteiger partial charge in [-0.25, -0.2) is 0 Å². The highest BCUT2D eigenvalue weighted by atomic mass is 28.3. The first-order valence-corrected chi connectivity index (χ1v) is 15.8. The van der Waals surface area contributed by atoms with Gasteiger partial charge < -0.3 is 9.47 Å². The first-order chi connectivity index (χ1) is 12.1. The normalized spacial score (nSPS) is 10.7. The molecule has 0 aliphatic carbocycles. The second-order valence-electron chi connectivity index (χ2n) is 8.04. The molecular weight excluding hydrogens is 352 g/mol. The summed E-state index contributed by atoms with van der Waals surface area (Å²) in [6.07, 6.45) is 3.44. The summed E-state index contributed by atoms with van der Waals surface area (Å²) in [5.41, 5.74) is 8.50. The van der Waals surface area contributed by atoms with Crippen molar-refractivity contribution in [2.24, 2.45) is 0 Å². The predicted molar refractivity (Wildman–Crippen MR) is 118 cm³/mol. The van der Waals surface area contributed by atoms with Gasteiger partial charge in [0.2, 0.25) is 0 Å². The highest BCUT2D eigenvalue weighted by Crippen LogP contribution is 2.29. The van der Waals surface area contributed by atoms with Crippen molar-refractivity contribution in [2.45, 2.75) is 39.3 Å². The van der Waals surface area contributed by atoms with Crippen molar-refractivity contribution >= 4 is 16.1 Å². The van der Waals surface area contributed by atoms with Gasteiger partial charge in [-0.3, -0.25) is 0 Å². The minimum absolute atomic E-state index is 0.419. The van der Waals surface area contributed by atoms with Gasteiger partial charge in [-0.1, -0.05) is 76.4 Å². The average Bonchev–Trinajstić information content (AvgIpc) is 2.53. The highest BCUT2D eigenvalue weighted by molar-refractivity contribution is 6.84. The third-order valence-electron chi connectivity index (χ3n) is 2.94. The van der Waals surface area contributed by atoms with Crippen LogP contribution in [0.2, 0.25) is 39.3 Å². The molecule has 0 fully saturated rings. The Bertz CT molecular complexity index is 710. The molecule has 0 spiro atoms. The van der Waals surface area contributed by atoms with E-state index in [0.717, 1.165) is 11.1 Å². The fourth-order valence-corrected chi connectivity index (χ4v) is 2.82. The van der Waals surface area contributed by atoms with E-state index >= 15 is 0 Å². The van der Waals surface area contributed by atoms with Crippen molar-refractivity contribution in [1.82, 2.24) is 0 Å². The van der Waals surface area contributed by atoms with Gasteiger partial charge in [-0.05, 0) is 6.07 Å². The highest BCUT2D eigenvalue weighted by Gasteiger charge is 2.13. The lowest BCUT2D eigenvalue weighted by Gasteiger charge is -2.13. The minimum atomic E-state index is -1.51. The molecule has 1 aromatic rings. The van der Waals surface area contributed by atoms with Crippen LogP contribution in [0.1, 0.15) is 11.1 Å². The summed E-state index contributed by atoms with van der Waals surface area (Å²) in [6.45, 7) is 21.6. The Morgan fingerprint density at radius 1 is 0.769 bits per heavy atom. The second-order valence-corrected chi connectivity index (χ2v) is 17.5. The van der Waals surface area contributed by atoms with Crippen molar-refractivity contribution in [2.75, 3.05) is 13.2 Å². The number of ether oxygens (including phenoxy) is 2. The van der Waals surface area contributed by atoms with Crippen LogP contribution in [0.3, 0.4) is 0 Å². The van der Waals surface area contributed by atoms with Gasteiger partial charge in [-0.2, -0.15) is 0 Å². The van der Waals surface area contributed by atoms with Gasteiger partial charge in [0.1, 0.15) is 40.9 Å². The quantitative estimate of drug-likeness (QED) is 0.379. The van der Waals surface area contributed by atoms with Crippen molar-refractivity contribution in [3.63, 3.8) is 0 Å². The standard InChI is InChI=1S/C22H30O2Si2/c1-9-13-23-21-18-22(24-14-10-2)20(12-16-26(6,7)8)17-19(21)11-15-25(3,4)5/h9-10,17-18H,1-2,13-14H2,3-8H3. The van der Waals surface area contributed by atoms with Gasteiger partial charge in [-0.15, -0.1) is 11.1 Å². The zero-order valence-corrected chi connectivity index (χ0v) is 19.0. The lowest BCUT2D eigenvalue weighted by atomic mass is 10.1. The summed E-state index contributed by atoms with van der Waals surface area (Å²) in [7, 11) is -3.01. The molecule has 0 N–H and O–H groups in total. The third-order valence-corrected chi connectivity index (χ3v) is 4.69. The Kier molecular flexibility index (Phi) is 8.02. The monoisotopic (exact) mass is 382 g/mol. The first-order valence-electron chi connectivity index (χ1n) is 8.77. The summed E-state index contributed by atoms with van der Waals surface area (Å²) in [5, 5.41) is 0. The van der Waals surface area contributed by atoms with E-state index in [2.05, 4.69) is 75.4 Å². The maximum Gasteiger partial charge on any atom is 0.139 e. The lowest BCUT2D eigenvalue weighted by Crippen LogP contribution is -2.16. The molecular formula is C22H30O2Si2. The molecule has 2 nitrogen and oxygen atoms in total. The van der Waals surface area contributed by atoms with Crippen LogP contribution in [0.25, 0.3) is 0 Å². The van der Waals surface area contributed by atoms with Crippen LogP contribution < -0.4 is 9.47 Å². The molecule has 0 aromatic heterocycles. The van der Waals surface area contributed by atoms with Crippen molar-refractivity contribution in [3.05, 3.63) is 48.6 Å². The molecule has 0 atom stereocenters. The van der Waals surface area contributed by atoms with Crippen LogP contribution in [0.5, 0.6) is 11.5 Å². The van der Waals surface area contributed by atoms with Crippen LogP contribution in [-0.4, -0.2) is 29.4 Å². The van der Waals surface area contributed by atoms with E-state index in [9.17, 15) is 0 Å². The van der Waals surface area contributed by atoms with Gasteiger partial charge in [0.15, 0.2) is 0 Å². The van der Waals surface area contributed by atoms with E-state index in [1.807, 2.05) is 12.1 Å². The largest absolute Gasteiger partial charge is 0.488 e. The Morgan fingerprint density at radius 3 is 1.46 bits per heavy atom. The van der Waals surface area contributed by atoms with Crippen LogP contribution in [-0.2, 0) is 0 Å². The van der Waals surface area contributed by atoms with E-state index in [1.54, 1.807) is 12.2 Å². The third kappa shape index (κ3) is 8.29. The molecule has 4 heteroatoms. The Balaban J connectivity index is 3.52. The molecule has 0 saturated carbocycles. The summed E-state index contributed by atoms with van der Waals surface area (Å²) in [6, 6.07) is 3.87.